The lowest BCUT2D eigenvalue weighted by Crippen LogP contribution is -2.40. The summed E-state index contributed by atoms with van der Waals surface area (Å²) in [7, 11) is 1.37. The second kappa shape index (κ2) is 6.02. The van der Waals surface area contributed by atoms with Gasteiger partial charge < -0.3 is 10.1 Å². The first-order valence-electron chi connectivity index (χ1n) is 6.42. The van der Waals surface area contributed by atoms with E-state index in [1.165, 1.54) is 7.05 Å². The van der Waals surface area contributed by atoms with Gasteiger partial charge in [-0.25, -0.2) is 0 Å². The number of amides is 3. The van der Waals surface area contributed by atoms with Crippen LogP contribution in [0.1, 0.15) is 40.0 Å². The average molecular weight is 284 g/mol. The summed E-state index contributed by atoms with van der Waals surface area (Å²) in [6.45, 7) is 5.22. The summed E-state index contributed by atoms with van der Waals surface area (Å²) in [5.74, 6) is -1.68. The van der Waals surface area contributed by atoms with Crippen molar-refractivity contribution in [3.8, 4) is 0 Å². The number of likely N-dealkylation sites (tertiary alicyclic amines) is 1. The summed E-state index contributed by atoms with van der Waals surface area (Å²) < 4.78 is 5.07. The lowest BCUT2D eigenvalue weighted by Gasteiger charge is -2.19. The molecule has 0 aromatic heterocycles. The van der Waals surface area contributed by atoms with E-state index in [1.807, 2.05) is 0 Å². The Labute approximate surface area is 117 Å². The molecule has 7 heteroatoms. The zero-order valence-corrected chi connectivity index (χ0v) is 12.2. The Balaban J connectivity index is 2.36. The second-order valence-corrected chi connectivity index (χ2v) is 5.70. The van der Waals surface area contributed by atoms with Gasteiger partial charge in [0.15, 0.2) is 0 Å². The minimum absolute atomic E-state index is 0.0342. The number of hydrogen-bond acceptors (Lipinski definition) is 5. The van der Waals surface area contributed by atoms with Crippen molar-refractivity contribution in [1.82, 2.24) is 10.2 Å². The highest BCUT2D eigenvalue weighted by molar-refractivity contribution is 6.06. The first-order chi connectivity index (χ1) is 9.10. The van der Waals surface area contributed by atoms with Crippen LogP contribution in [0.15, 0.2) is 0 Å². The number of rotatable bonds is 4. The van der Waals surface area contributed by atoms with Gasteiger partial charge in [-0.05, 0) is 20.8 Å². The van der Waals surface area contributed by atoms with Crippen molar-refractivity contribution in [3.63, 3.8) is 0 Å². The van der Waals surface area contributed by atoms with Crippen molar-refractivity contribution in [2.45, 2.75) is 51.7 Å². The van der Waals surface area contributed by atoms with E-state index in [-0.39, 0.29) is 25.2 Å². The smallest absolute Gasteiger partial charge is 0.306 e. The van der Waals surface area contributed by atoms with E-state index in [4.69, 9.17) is 4.74 Å². The van der Waals surface area contributed by atoms with Gasteiger partial charge in [0.1, 0.15) is 11.6 Å². The molecule has 1 N–H and O–H groups in total. The molecule has 20 heavy (non-hydrogen) atoms. The van der Waals surface area contributed by atoms with Crippen LogP contribution in [0.4, 0.5) is 0 Å². The molecule has 0 saturated carbocycles. The Hall–Kier alpha value is -1.92. The molecule has 1 rings (SSSR count). The van der Waals surface area contributed by atoms with Crippen LogP contribution in [0.25, 0.3) is 0 Å². The van der Waals surface area contributed by atoms with E-state index < -0.39 is 29.4 Å². The molecule has 1 heterocycles. The predicted octanol–water partition coefficient (Wildman–Crippen LogP) is -0.0182. The third kappa shape index (κ3) is 4.64. The number of nitrogens with one attached hydrogen (secondary N) is 1. The maximum atomic E-state index is 11.6. The van der Waals surface area contributed by atoms with Gasteiger partial charge in [0, 0.05) is 13.5 Å². The fraction of sp³-hybridized carbons (Fsp3) is 0.692. The highest BCUT2D eigenvalue weighted by atomic mass is 16.6. The van der Waals surface area contributed by atoms with Crippen LogP contribution < -0.4 is 5.32 Å². The van der Waals surface area contributed by atoms with Crippen LogP contribution in [0.2, 0.25) is 0 Å². The third-order valence-corrected chi connectivity index (χ3v) is 2.69. The van der Waals surface area contributed by atoms with Gasteiger partial charge >= 0.3 is 5.97 Å². The quantitative estimate of drug-likeness (QED) is 0.578. The number of imide groups is 1. The van der Waals surface area contributed by atoms with Crippen LogP contribution in [0, 0.1) is 0 Å². The van der Waals surface area contributed by atoms with E-state index in [9.17, 15) is 19.2 Å². The van der Waals surface area contributed by atoms with E-state index in [0.717, 1.165) is 4.90 Å². The minimum Gasteiger partial charge on any atom is -0.460 e. The summed E-state index contributed by atoms with van der Waals surface area (Å²) >= 11 is 0. The molecule has 1 unspecified atom stereocenters. The number of nitrogens with zero attached hydrogens (tertiary/aromatic N) is 1. The van der Waals surface area contributed by atoms with Crippen LogP contribution >= 0.6 is 0 Å². The fourth-order valence-electron chi connectivity index (χ4n) is 1.74. The number of esters is 1. The molecule has 0 spiro atoms. The summed E-state index contributed by atoms with van der Waals surface area (Å²) in [6.07, 6.45) is -0.169. The van der Waals surface area contributed by atoms with Crippen molar-refractivity contribution in [3.05, 3.63) is 0 Å². The lowest BCUT2D eigenvalue weighted by molar-refractivity contribution is -0.155. The highest BCUT2D eigenvalue weighted by Gasteiger charge is 2.36. The average Bonchev–Trinajstić information content (AvgIpc) is 2.52. The van der Waals surface area contributed by atoms with Crippen molar-refractivity contribution >= 4 is 23.7 Å². The molecule has 3 amide bonds. The molecule has 7 nitrogen and oxygen atoms in total. The van der Waals surface area contributed by atoms with Crippen LogP contribution in [-0.4, -0.2) is 47.3 Å². The Kier molecular flexibility index (Phi) is 4.86. The maximum absolute atomic E-state index is 11.6. The van der Waals surface area contributed by atoms with Gasteiger partial charge in [0.05, 0.1) is 12.8 Å². The van der Waals surface area contributed by atoms with Gasteiger partial charge in [0.25, 0.3) is 5.91 Å². The number of hydrogen-bond donors (Lipinski definition) is 1. The minimum atomic E-state index is -0.821. The summed E-state index contributed by atoms with van der Waals surface area (Å²) in [5.41, 5.74) is -0.593. The van der Waals surface area contributed by atoms with E-state index in [2.05, 4.69) is 5.32 Å². The summed E-state index contributed by atoms with van der Waals surface area (Å²) in [4.78, 5) is 46.9. The predicted molar refractivity (Wildman–Crippen MR) is 69.4 cm³/mol. The van der Waals surface area contributed by atoms with Crippen LogP contribution in [0.3, 0.4) is 0 Å². The normalized spacial score (nSPS) is 19.2. The second-order valence-electron chi connectivity index (χ2n) is 5.70. The van der Waals surface area contributed by atoms with Crippen molar-refractivity contribution in [2.24, 2.45) is 0 Å². The molecule has 0 bridgehead atoms. The van der Waals surface area contributed by atoms with Gasteiger partial charge in [-0.15, -0.1) is 0 Å². The summed E-state index contributed by atoms with van der Waals surface area (Å²) in [5, 5.41) is 2.45. The molecule has 1 saturated heterocycles. The monoisotopic (exact) mass is 284 g/mol. The Bertz CT molecular complexity index is 439. The van der Waals surface area contributed by atoms with Crippen molar-refractivity contribution < 1.29 is 23.9 Å². The first-order valence-corrected chi connectivity index (χ1v) is 6.42. The Morgan fingerprint density at radius 1 is 1.30 bits per heavy atom. The SMILES string of the molecule is CN1C(=O)CC(NC(=O)CCC(=O)OC(C)(C)C)C1=O. The summed E-state index contributed by atoms with van der Waals surface area (Å²) in [6, 6.07) is -0.821. The zero-order valence-electron chi connectivity index (χ0n) is 12.2. The zero-order chi connectivity index (χ0) is 15.5. The fourth-order valence-corrected chi connectivity index (χ4v) is 1.74. The number of ether oxygens (including phenoxy) is 1. The molecular formula is C13H20N2O5. The van der Waals surface area contributed by atoms with E-state index in [1.54, 1.807) is 20.8 Å². The molecule has 0 aromatic rings. The Morgan fingerprint density at radius 3 is 2.35 bits per heavy atom. The van der Waals surface area contributed by atoms with Gasteiger partial charge in [-0.3, -0.25) is 24.1 Å². The van der Waals surface area contributed by atoms with Crippen molar-refractivity contribution in [2.75, 3.05) is 7.05 Å². The van der Waals surface area contributed by atoms with E-state index in [0.29, 0.717) is 0 Å². The maximum Gasteiger partial charge on any atom is 0.306 e. The molecule has 0 aromatic carbocycles. The molecule has 1 aliphatic heterocycles. The van der Waals surface area contributed by atoms with Gasteiger partial charge in [-0.1, -0.05) is 0 Å². The molecule has 0 radical (unpaired) electrons. The first kappa shape index (κ1) is 16.1. The number of likely N-dealkylation sites (N-methyl/N-ethyl adjacent to an activating group) is 1. The molecular weight excluding hydrogens is 264 g/mol. The van der Waals surface area contributed by atoms with E-state index >= 15 is 0 Å². The molecule has 0 aliphatic carbocycles. The topological polar surface area (TPSA) is 92.8 Å². The highest BCUT2D eigenvalue weighted by Crippen LogP contribution is 2.12. The standard InChI is InChI=1S/C13H20N2O5/c1-13(2,3)20-11(18)6-5-9(16)14-8-7-10(17)15(4)12(8)19/h8H,5-7H2,1-4H3,(H,14,16). The number of carbonyl (C=O) groups excluding carboxylic acids is 4. The lowest BCUT2D eigenvalue weighted by atomic mass is 10.2. The van der Waals surface area contributed by atoms with Gasteiger partial charge in [-0.2, -0.15) is 0 Å². The largest absolute Gasteiger partial charge is 0.460 e. The Morgan fingerprint density at radius 2 is 1.90 bits per heavy atom. The number of carbonyl (C=O) groups is 4. The van der Waals surface area contributed by atoms with Gasteiger partial charge in [0.2, 0.25) is 11.8 Å². The third-order valence-electron chi connectivity index (χ3n) is 2.69. The molecule has 1 atom stereocenters. The van der Waals surface area contributed by atoms with Crippen molar-refractivity contribution in [1.29, 1.82) is 0 Å². The molecule has 112 valence electrons. The van der Waals surface area contributed by atoms with Crippen LogP contribution in [0.5, 0.6) is 0 Å². The van der Waals surface area contributed by atoms with Crippen LogP contribution in [-0.2, 0) is 23.9 Å². The molecule has 1 fully saturated rings. The molecule has 1 aliphatic rings.